The monoisotopic (exact) mass is 176 g/mol. The summed E-state index contributed by atoms with van der Waals surface area (Å²) in [5, 5.41) is 8.84. The van der Waals surface area contributed by atoms with Gasteiger partial charge in [0.2, 0.25) is 0 Å². The maximum atomic E-state index is 8.84. The van der Waals surface area contributed by atoms with Gasteiger partial charge in [0.1, 0.15) is 11.8 Å². The molecule has 0 aliphatic rings. The van der Waals surface area contributed by atoms with Gasteiger partial charge in [0, 0.05) is 13.1 Å². The van der Waals surface area contributed by atoms with E-state index in [4.69, 9.17) is 5.26 Å². The van der Waals surface area contributed by atoms with E-state index in [1.807, 2.05) is 24.8 Å². The van der Waals surface area contributed by atoms with Gasteiger partial charge in [0.05, 0.1) is 0 Å². The fourth-order valence-corrected chi connectivity index (χ4v) is 1.00. The first kappa shape index (κ1) is 11.5. The molecule has 0 unspecified atom stereocenters. The Labute approximate surface area is 80.5 Å². The van der Waals surface area contributed by atoms with E-state index < -0.39 is 0 Å². The van der Waals surface area contributed by atoms with Crippen molar-refractivity contribution in [3.63, 3.8) is 0 Å². The number of allylic oxidation sites excluding steroid dienone is 5. The van der Waals surface area contributed by atoms with Crippen molar-refractivity contribution in [1.29, 1.82) is 5.26 Å². The molecule has 0 aromatic rings. The minimum atomic E-state index is 0.697. The lowest BCUT2D eigenvalue weighted by Crippen LogP contribution is -2.21. The van der Waals surface area contributed by atoms with Gasteiger partial charge in [-0.15, -0.1) is 0 Å². The van der Waals surface area contributed by atoms with Crippen molar-refractivity contribution in [2.24, 2.45) is 0 Å². The zero-order chi connectivity index (χ0) is 10.1. The highest BCUT2D eigenvalue weighted by Gasteiger charge is 2.01. The normalized spacial score (nSPS) is 11.3. The summed E-state index contributed by atoms with van der Waals surface area (Å²) in [5.41, 5.74) is 0.697. The molecule has 0 amide bonds. The fourth-order valence-electron chi connectivity index (χ4n) is 1.00. The minimum absolute atomic E-state index is 0.697. The summed E-state index contributed by atoms with van der Waals surface area (Å²) < 4.78 is 0. The Bertz CT molecular complexity index is 239. The standard InChI is InChI=1S/C11H16N2/c1-4-7-8-9-11(10-12)13(5-2)6-3/h4,7-9H,1,5-6H2,2-3H3/b8-7+,11-9+. The van der Waals surface area contributed by atoms with Gasteiger partial charge in [-0.25, -0.2) is 0 Å². The molecular formula is C11H16N2. The average Bonchev–Trinajstić information content (AvgIpc) is 2.17. The van der Waals surface area contributed by atoms with Crippen LogP contribution < -0.4 is 0 Å². The summed E-state index contributed by atoms with van der Waals surface area (Å²) in [4.78, 5) is 2.01. The van der Waals surface area contributed by atoms with Crippen LogP contribution in [-0.4, -0.2) is 18.0 Å². The van der Waals surface area contributed by atoms with E-state index in [0.29, 0.717) is 5.70 Å². The van der Waals surface area contributed by atoms with E-state index in [1.54, 1.807) is 18.2 Å². The van der Waals surface area contributed by atoms with E-state index >= 15 is 0 Å². The maximum absolute atomic E-state index is 8.84. The number of rotatable bonds is 5. The molecule has 0 spiro atoms. The van der Waals surface area contributed by atoms with Crippen LogP contribution in [0.3, 0.4) is 0 Å². The van der Waals surface area contributed by atoms with Gasteiger partial charge in [-0.05, 0) is 19.9 Å². The van der Waals surface area contributed by atoms with Crippen molar-refractivity contribution < 1.29 is 0 Å². The van der Waals surface area contributed by atoms with Gasteiger partial charge in [-0.1, -0.05) is 24.8 Å². The highest BCUT2D eigenvalue weighted by molar-refractivity contribution is 5.25. The van der Waals surface area contributed by atoms with Crippen LogP contribution in [0.5, 0.6) is 0 Å². The highest BCUT2D eigenvalue weighted by atomic mass is 15.1. The minimum Gasteiger partial charge on any atom is -0.364 e. The zero-order valence-corrected chi connectivity index (χ0v) is 8.33. The van der Waals surface area contributed by atoms with Gasteiger partial charge in [-0.2, -0.15) is 5.26 Å². The Balaban J connectivity index is 4.48. The topological polar surface area (TPSA) is 27.0 Å². The first-order valence-corrected chi connectivity index (χ1v) is 4.44. The summed E-state index contributed by atoms with van der Waals surface area (Å²) in [7, 11) is 0. The lowest BCUT2D eigenvalue weighted by atomic mass is 10.3. The molecule has 0 aromatic heterocycles. The Morgan fingerprint density at radius 2 is 2.00 bits per heavy atom. The van der Waals surface area contributed by atoms with Crippen LogP contribution in [0, 0.1) is 11.3 Å². The Hall–Kier alpha value is -1.49. The second-order valence-electron chi connectivity index (χ2n) is 2.46. The summed E-state index contributed by atoms with van der Waals surface area (Å²) >= 11 is 0. The van der Waals surface area contributed by atoms with Gasteiger partial charge in [0.15, 0.2) is 0 Å². The van der Waals surface area contributed by atoms with E-state index in [0.717, 1.165) is 13.1 Å². The summed E-state index contributed by atoms with van der Waals surface area (Å²) in [6.45, 7) is 9.34. The van der Waals surface area contributed by atoms with Crippen LogP contribution in [0.4, 0.5) is 0 Å². The third-order valence-corrected chi connectivity index (χ3v) is 1.72. The number of nitrogens with zero attached hydrogens (tertiary/aromatic N) is 2. The Morgan fingerprint density at radius 1 is 1.38 bits per heavy atom. The molecule has 0 heterocycles. The van der Waals surface area contributed by atoms with Crippen LogP contribution in [0.2, 0.25) is 0 Å². The summed E-state index contributed by atoms with van der Waals surface area (Å²) in [6, 6.07) is 2.16. The number of nitriles is 1. The second-order valence-corrected chi connectivity index (χ2v) is 2.46. The average molecular weight is 176 g/mol. The van der Waals surface area contributed by atoms with Crippen molar-refractivity contribution in [2.75, 3.05) is 13.1 Å². The van der Waals surface area contributed by atoms with Crippen molar-refractivity contribution in [3.05, 3.63) is 36.6 Å². The van der Waals surface area contributed by atoms with Crippen molar-refractivity contribution >= 4 is 0 Å². The van der Waals surface area contributed by atoms with Crippen LogP contribution in [0.25, 0.3) is 0 Å². The van der Waals surface area contributed by atoms with E-state index in [-0.39, 0.29) is 0 Å². The molecule has 2 nitrogen and oxygen atoms in total. The molecule has 0 radical (unpaired) electrons. The molecule has 0 rings (SSSR count). The van der Waals surface area contributed by atoms with Crippen LogP contribution in [-0.2, 0) is 0 Å². The molecule has 0 N–H and O–H groups in total. The molecule has 0 aliphatic heterocycles. The molecular weight excluding hydrogens is 160 g/mol. The molecule has 0 aromatic carbocycles. The Morgan fingerprint density at radius 3 is 2.38 bits per heavy atom. The Kier molecular flexibility index (Phi) is 6.35. The zero-order valence-electron chi connectivity index (χ0n) is 8.33. The quantitative estimate of drug-likeness (QED) is 0.475. The predicted octanol–water partition coefficient (Wildman–Crippen LogP) is 2.48. The molecule has 70 valence electrons. The molecule has 0 saturated carbocycles. The summed E-state index contributed by atoms with van der Waals surface area (Å²) in [5.74, 6) is 0. The van der Waals surface area contributed by atoms with Crippen molar-refractivity contribution in [1.82, 2.24) is 4.90 Å². The predicted molar refractivity (Wildman–Crippen MR) is 56.0 cm³/mol. The van der Waals surface area contributed by atoms with E-state index in [1.165, 1.54) is 0 Å². The van der Waals surface area contributed by atoms with Gasteiger partial charge in [0.25, 0.3) is 0 Å². The van der Waals surface area contributed by atoms with Crippen molar-refractivity contribution in [3.8, 4) is 6.07 Å². The number of hydrogen-bond acceptors (Lipinski definition) is 2. The molecule has 2 heteroatoms. The molecule has 13 heavy (non-hydrogen) atoms. The van der Waals surface area contributed by atoms with Crippen LogP contribution in [0.1, 0.15) is 13.8 Å². The molecule has 0 bridgehead atoms. The maximum Gasteiger partial charge on any atom is 0.117 e. The molecule has 0 aliphatic carbocycles. The lowest BCUT2D eigenvalue weighted by Gasteiger charge is -2.18. The van der Waals surface area contributed by atoms with Crippen LogP contribution in [0.15, 0.2) is 36.6 Å². The molecule has 0 saturated heterocycles. The third-order valence-electron chi connectivity index (χ3n) is 1.72. The van der Waals surface area contributed by atoms with Gasteiger partial charge < -0.3 is 4.90 Å². The molecule has 0 atom stereocenters. The summed E-state index contributed by atoms with van der Waals surface area (Å²) in [6.07, 6.45) is 7.12. The van der Waals surface area contributed by atoms with Gasteiger partial charge >= 0.3 is 0 Å². The first-order chi connectivity index (χ1) is 6.29. The third kappa shape index (κ3) is 4.17. The lowest BCUT2D eigenvalue weighted by molar-refractivity contribution is 0.397. The number of hydrogen-bond donors (Lipinski definition) is 0. The van der Waals surface area contributed by atoms with E-state index in [9.17, 15) is 0 Å². The van der Waals surface area contributed by atoms with Crippen LogP contribution >= 0.6 is 0 Å². The van der Waals surface area contributed by atoms with Gasteiger partial charge in [-0.3, -0.25) is 0 Å². The van der Waals surface area contributed by atoms with Crippen molar-refractivity contribution in [2.45, 2.75) is 13.8 Å². The smallest absolute Gasteiger partial charge is 0.117 e. The second kappa shape index (κ2) is 7.17. The SMILES string of the molecule is C=C/C=C/C=C(\C#N)N(CC)CC. The fraction of sp³-hybridized carbons (Fsp3) is 0.364. The first-order valence-electron chi connectivity index (χ1n) is 4.44. The van der Waals surface area contributed by atoms with E-state index in [2.05, 4.69) is 12.6 Å². The largest absolute Gasteiger partial charge is 0.364 e. The highest BCUT2D eigenvalue weighted by Crippen LogP contribution is 2.02. The molecule has 0 fully saturated rings.